The van der Waals surface area contributed by atoms with E-state index in [2.05, 4.69) is 10.1 Å². The zero-order valence-electron chi connectivity index (χ0n) is 12.8. The lowest BCUT2D eigenvalue weighted by atomic mass is 10.1. The summed E-state index contributed by atoms with van der Waals surface area (Å²) in [5, 5.41) is 6.49. The van der Waals surface area contributed by atoms with Gasteiger partial charge in [-0.05, 0) is 42.0 Å². The van der Waals surface area contributed by atoms with Crippen LogP contribution in [0.1, 0.15) is 12.0 Å². The van der Waals surface area contributed by atoms with Gasteiger partial charge in [0.2, 0.25) is 5.13 Å². The van der Waals surface area contributed by atoms with Crippen molar-refractivity contribution in [2.75, 3.05) is 12.1 Å². The van der Waals surface area contributed by atoms with Crippen LogP contribution >= 0.6 is 23.7 Å². The molecule has 0 bridgehead atoms. The number of hydrogen-bond acceptors (Lipinski definition) is 5. The maximum atomic E-state index is 12.3. The molecule has 2 aromatic carbocycles. The van der Waals surface area contributed by atoms with Crippen molar-refractivity contribution < 1.29 is 9.53 Å². The number of carbonyl (C=O) groups is 1. The molecule has 1 aliphatic heterocycles. The molecule has 0 unspecified atom stereocenters. The summed E-state index contributed by atoms with van der Waals surface area (Å²) in [4.78, 5) is 16.8. The number of carbonyl (C=O) groups excluding carboxylic acids is 1. The molecule has 0 fully saturated rings. The summed E-state index contributed by atoms with van der Waals surface area (Å²) < 4.78 is 6.20. The number of aromatic nitrogens is 1. The number of hydrogen-bond donors (Lipinski definition) is 0. The van der Waals surface area contributed by atoms with Crippen molar-refractivity contribution in [2.24, 2.45) is 5.10 Å². The third-order valence-corrected chi connectivity index (χ3v) is 4.67. The van der Waals surface area contributed by atoms with Crippen LogP contribution in [0.4, 0.5) is 5.13 Å². The van der Waals surface area contributed by atoms with Crippen molar-refractivity contribution in [1.29, 1.82) is 0 Å². The minimum absolute atomic E-state index is 0. The predicted molar refractivity (Wildman–Crippen MR) is 98.5 cm³/mol. The Morgan fingerprint density at radius 2 is 1.88 bits per heavy atom. The van der Waals surface area contributed by atoms with Gasteiger partial charge in [0, 0.05) is 0 Å². The normalized spacial score (nSPS) is 13.8. The molecule has 122 valence electrons. The number of rotatable bonds is 3. The molecule has 4 rings (SSSR count). The molecule has 24 heavy (non-hydrogen) atoms. The van der Waals surface area contributed by atoms with Gasteiger partial charge < -0.3 is 4.74 Å². The molecular weight excluding hydrogens is 346 g/mol. The number of ether oxygens (including phenoxy) is 1. The van der Waals surface area contributed by atoms with Crippen molar-refractivity contribution in [3.8, 4) is 5.75 Å². The third kappa shape index (κ3) is 2.86. The van der Waals surface area contributed by atoms with Gasteiger partial charge in [-0.25, -0.2) is 4.98 Å². The number of fused-ring (bicyclic) bond motifs is 1. The van der Waals surface area contributed by atoms with Crippen LogP contribution in [0.15, 0.2) is 53.6 Å². The Bertz CT molecular complexity index is 888. The van der Waals surface area contributed by atoms with E-state index < -0.39 is 0 Å². The van der Waals surface area contributed by atoms with E-state index in [0.717, 1.165) is 27.2 Å². The molecule has 0 atom stereocenters. The van der Waals surface area contributed by atoms with Gasteiger partial charge in [-0.1, -0.05) is 23.5 Å². The van der Waals surface area contributed by atoms with Crippen LogP contribution in [0.3, 0.4) is 0 Å². The molecule has 0 spiro atoms. The second kappa shape index (κ2) is 6.59. The first-order valence-corrected chi connectivity index (χ1v) is 7.97. The molecule has 0 aliphatic carbocycles. The molecule has 1 aliphatic rings. The fourth-order valence-electron chi connectivity index (χ4n) is 2.47. The fraction of sp³-hybridized carbons (Fsp3) is 0.118. The zero-order valence-corrected chi connectivity index (χ0v) is 14.4. The summed E-state index contributed by atoms with van der Waals surface area (Å²) in [6, 6.07) is 15.4. The van der Waals surface area contributed by atoms with E-state index in [1.165, 1.54) is 16.3 Å². The van der Waals surface area contributed by atoms with Crippen LogP contribution in [-0.4, -0.2) is 23.7 Å². The van der Waals surface area contributed by atoms with Crippen molar-refractivity contribution >= 4 is 50.7 Å². The van der Waals surface area contributed by atoms with E-state index in [1.807, 2.05) is 48.5 Å². The first kappa shape index (κ1) is 16.4. The maximum absolute atomic E-state index is 12.3. The van der Waals surface area contributed by atoms with E-state index in [1.54, 1.807) is 7.11 Å². The fourth-order valence-corrected chi connectivity index (χ4v) is 3.41. The number of nitrogens with zero attached hydrogens (tertiary/aromatic N) is 3. The van der Waals surface area contributed by atoms with Gasteiger partial charge in [0.1, 0.15) is 5.75 Å². The number of halogens is 1. The smallest absolute Gasteiger partial charge is 0.255 e. The van der Waals surface area contributed by atoms with Crippen molar-refractivity contribution in [2.45, 2.75) is 6.42 Å². The Morgan fingerprint density at radius 1 is 1.12 bits per heavy atom. The number of methoxy groups -OCH3 is 1. The van der Waals surface area contributed by atoms with Crippen molar-refractivity contribution in [1.82, 2.24) is 4.98 Å². The van der Waals surface area contributed by atoms with E-state index in [4.69, 9.17) is 4.74 Å². The lowest BCUT2D eigenvalue weighted by Gasteiger charge is -2.05. The van der Waals surface area contributed by atoms with E-state index in [-0.39, 0.29) is 24.7 Å². The second-order valence-electron chi connectivity index (χ2n) is 5.12. The number of thiazole rings is 1. The number of anilines is 1. The summed E-state index contributed by atoms with van der Waals surface area (Å²) in [6.07, 6.45) is 0.280. The Morgan fingerprint density at radius 3 is 2.58 bits per heavy atom. The number of para-hydroxylation sites is 1. The molecule has 7 heteroatoms. The lowest BCUT2D eigenvalue weighted by molar-refractivity contribution is -0.116. The average Bonchev–Trinajstić information content (AvgIpc) is 3.18. The SMILES string of the molecule is COc1ccc(C2=NN(c3nc4ccccc4s3)C(=O)C2)cc1.Cl. The molecule has 0 saturated heterocycles. The molecule has 1 amide bonds. The molecule has 0 radical (unpaired) electrons. The summed E-state index contributed by atoms with van der Waals surface area (Å²) in [6.45, 7) is 0. The maximum Gasteiger partial charge on any atom is 0.255 e. The Hall–Kier alpha value is -2.44. The third-order valence-electron chi connectivity index (χ3n) is 3.66. The molecule has 0 saturated carbocycles. The number of benzene rings is 2. The van der Waals surface area contributed by atoms with Gasteiger partial charge in [-0.2, -0.15) is 10.1 Å². The van der Waals surface area contributed by atoms with Crippen molar-refractivity contribution in [3.05, 3.63) is 54.1 Å². The molecule has 5 nitrogen and oxygen atoms in total. The first-order valence-electron chi connectivity index (χ1n) is 7.15. The van der Waals surface area contributed by atoms with Gasteiger partial charge in [0.25, 0.3) is 5.91 Å². The molecular formula is C17H14ClN3O2S. The van der Waals surface area contributed by atoms with Gasteiger partial charge in [0.05, 0.1) is 29.5 Å². The highest BCUT2D eigenvalue weighted by Crippen LogP contribution is 2.31. The van der Waals surface area contributed by atoms with Crippen LogP contribution in [0.25, 0.3) is 10.2 Å². The summed E-state index contributed by atoms with van der Waals surface area (Å²) in [5.41, 5.74) is 2.55. The Balaban J connectivity index is 0.00000169. The highest BCUT2D eigenvalue weighted by Gasteiger charge is 2.28. The quantitative estimate of drug-likeness (QED) is 0.713. The standard InChI is InChI=1S/C17H13N3O2S.ClH/c1-22-12-8-6-11(7-9-12)14-10-16(21)20(19-14)17-18-13-4-2-3-5-15(13)23-17;/h2-9H,10H2,1H3;1H. The topological polar surface area (TPSA) is 54.8 Å². The minimum atomic E-state index is -0.0603. The van der Waals surface area contributed by atoms with E-state index in [9.17, 15) is 4.79 Å². The molecule has 2 heterocycles. The molecule has 0 N–H and O–H groups in total. The minimum Gasteiger partial charge on any atom is -0.497 e. The van der Waals surface area contributed by atoms with Crippen LogP contribution < -0.4 is 9.75 Å². The predicted octanol–water partition coefficient (Wildman–Crippen LogP) is 3.87. The van der Waals surface area contributed by atoms with Crippen LogP contribution in [-0.2, 0) is 4.79 Å². The monoisotopic (exact) mass is 359 g/mol. The summed E-state index contributed by atoms with van der Waals surface area (Å²) in [5.74, 6) is 0.719. The Kier molecular flexibility index (Phi) is 4.51. The molecule has 3 aromatic rings. The van der Waals surface area contributed by atoms with Gasteiger partial charge in [-0.3, -0.25) is 4.79 Å². The highest BCUT2D eigenvalue weighted by molar-refractivity contribution is 7.22. The van der Waals surface area contributed by atoms with E-state index >= 15 is 0 Å². The van der Waals surface area contributed by atoms with Gasteiger partial charge in [0.15, 0.2) is 0 Å². The Labute approximate surface area is 149 Å². The van der Waals surface area contributed by atoms with Gasteiger partial charge in [-0.15, -0.1) is 12.4 Å². The summed E-state index contributed by atoms with van der Waals surface area (Å²) in [7, 11) is 1.63. The van der Waals surface area contributed by atoms with Crippen molar-refractivity contribution in [3.63, 3.8) is 0 Å². The molecule has 1 aromatic heterocycles. The zero-order chi connectivity index (χ0) is 15.8. The highest BCUT2D eigenvalue weighted by atomic mass is 35.5. The summed E-state index contributed by atoms with van der Waals surface area (Å²) >= 11 is 1.47. The van der Waals surface area contributed by atoms with Crippen LogP contribution in [0, 0.1) is 0 Å². The van der Waals surface area contributed by atoms with Gasteiger partial charge >= 0.3 is 0 Å². The number of amides is 1. The second-order valence-corrected chi connectivity index (χ2v) is 6.13. The number of hydrazone groups is 1. The first-order chi connectivity index (χ1) is 11.2. The largest absolute Gasteiger partial charge is 0.497 e. The van der Waals surface area contributed by atoms with Crippen LogP contribution in [0.5, 0.6) is 5.75 Å². The van der Waals surface area contributed by atoms with E-state index in [0.29, 0.717) is 5.13 Å². The average molecular weight is 360 g/mol. The van der Waals surface area contributed by atoms with Crippen LogP contribution in [0.2, 0.25) is 0 Å². The lowest BCUT2D eigenvalue weighted by Crippen LogP contribution is -2.19.